The van der Waals surface area contributed by atoms with E-state index in [1.165, 1.54) is 53.1 Å². The van der Waals surface area contributed by atoms with E-state index in [1.54, 1.807) is 58.5 Å². The Kier molecular flexibility index (Phi) is 5.89. The Labute approximate surface area is 405 Å². The number of halogens is 2. The van der Waals surface area contributed by atoms with Crippen LogP contribution in [0.15, 0.2) is 212 Å². The van der Waals surface area contributed by atoms with E-state index in [9.17, 15) is 5.48 Å². The lowest BCUT2D eigenvalue weighted by molar-refractivity contribution is 0.0430. The van der Waals surface area contributed by atoms with Crippen molar-refractivity contribution in [2.45, 2.75) is 32.1 Å². The van der Waals surface area contributed by atoms with Crippen LogP contribution in [-0.4, -0.2) is 16.2 Å². The van der Waals surface area contributed by atoms with Crippen LogP contribution in [0, 0.1) is 0 Å². The Balaban J connectivity index is 1.14. The second-order valence-electron chi connectivity index (χ2n) is 16.5. The third kappa shape index (κ3) is 7.03. The van der Waals surface area contributed by atoms with E-state index in [4.69, 9.17) is 20.6 Å². The van der Waals surface area contributed by atoms with Gasteiger partial charge in [-0.1, -0.05) is 166 Å². The molecule has 0 saturated carbocycles. The zero-order valence-electron chi connectivity index (χ0n) is 54.0. The first-order chi connectivity index (χ1) is 39.5. The maximum absolute atomic E-state index is 17.7. The van der Waals surface area contributed by atoms with E-state index in [0.29, 0.717) is 11.4 Å². The van der Waals surface area contributed by atoms with Crippen LogP contribution in [-0.2, 0) is 11.3 Å². The number of para-hydroxylation sites is 3. The maximum Gasteiger partial charge on any atom is 0.298 e. The van der Waals surface area contributed by atoms with Crippen molar-refractivity contribution in [1.82, 2.24) is 9.55 Å². The average Bonchev–Trinajstić information content (AvgIpc) is 1.51. The standard InChI is InChI=1S/C59H46F2N4/c1-58(2,3)44-32-33-62-56(38-44)65-52-27-14-13-26-48(52)49-31-30-46(37-55(49)65)59(60,61)45-24-17-25-47(36-45)63-39-64(54-29-16-15-28-53(54)63)57-50(41-20-9-5-10-21-41)34-43(40-18-7-4-8-19-40)35-51(57)42-22-11-6-12-23-42/h4-38H,39H2,1-3H3/i4D,5D,6D,7D,8D,9D,10D,11D,12D,13D,14D,18D,19D,20D,21D,22D,23D,26D,27D. The van der Waals surface area contributed by atoms with E-state index >= 15 is 8.78 Å². The van der Waals surface area contributed by atoms with Gasteiger partial charge >= 0.3 is 0 Å². The fourth-order valence-electron chi connectivity index (χ4n) is 8.43. The molecule has 0 unspecified atom stereocenters. The number of anilines is 4. The van der Waals surface area contributed by atoms with Crippen molar-refractivity contribution in [3.05, 3.63) is 229 Å². The molecule has 0 bridgehead atoms. The van der Waals surface area contributed by atoms with Gasteiger partial charge in [0.1, 0.15) is 12.5 Å². The number of hydrogen-bond donors (Lipinski definition) is 0. The summed E-state index contributed by atoms with van der Waals surface area (Å²) < 4.78 is 205. The topological polar surface area (TPSA) is 24.3 Å². The molecule has 11 rings (SSSR count). The summed E-state index contributed by atoms with van der Waals surface area (Å²) in [4.78, 5) is 7.77. The number of benzene rings is 8. The van der Waals surface area contributed by atoms with Gasteiger partial charge in [0.25, 0.3) is 5.92 Å². The molecule has 0 radical (unpaired) electrons. The summed E-state index contributed by atoms with van der Waals surface area (Å²) >= 11 is 0. The summed E-state index contributed by atoms with van der Waals surface area (Å²) in [6.45, 7) is 5.60. The molecule has 1 aliphatic heterocycles. The molecule has 316 valence electrons. The van der Waals surface area contributed by atoms with Gasteiger partial charge in [-0.3, -0.25) is 4.57 Å². The summed E-state index contributed by atoms with van der Waals surface area (Å²) in [5, 5.41) is 0.385. The van der Waals surface area contributed by atoms with Crippen LogP contribution in [0.5, 0.6) is 0 Å². The SMILES string of the molecule is [2H]c1c([2H])c([2H])c(-c2cc(-c3c([2H])c([2H])c([2H])c([2H])c3[2H])c(N3CN(c4cccc(C(F)(F)c5ccc6c7c([2H])c([2H])c([2H])c([2H])c7n(-c7cc(C(C)(C)C)ccn7)c6c5)c4)c4ccccc43)c(-c3c([2H])c([2H])c([2H])c([2H])c3[2H])c2)c([2H])c1[2H]. The summed E-state index contributed by atoms with van der Waals surface area (Å²) in [7, 11) is 0. The summed E-state index contributed by atoms with van der Waals surface area (Å²) in [6.07, 6.45) is 1.55. The molecule has 1 aliphatic rings. The minimum atomic E-state index is -3.79. The number of nitrogens with zero attached hydrogens (tertiary/aromatic N) is 4. The Morgan fingerprint density at radius 1 is 0.508 bits per heavy atom. The molecule has 0 spiro atoms. The first-order valence-corrected chi connectivity index (χ1v) is 20.5. The second kappa shape index (κ2) is 15.8. The second-order valence-corrected chi connectivity index (χ2v) is 16.5. The third-order valence-corrected chi connectivity index (χ3v) is 11.6. The van der Waals surface area contributed by atoms with Gasteiger partial charge in [-0.15, -0.1) is 0 Å². The van der Waals surface area contributed by atoms with Crippen molar-refractivity contribution in [2.24, 2.45) is 0 Å². The van der Waals surface area contributed by atoms with Crippen molar-refractivity contribution in [3.63, 3.8) is 0 Å². The first kappa shape index (κ1) is 24.3. The van der Waals surface area contributed by atoms with Gasteiger partial charge in [0.05, 0.1) is 54.1 Å². The molecule has 0 saturated heterocycles. The van der Waals surface area contributed by atoms with Crippen LogP contribution in [0.4, 0.5) is 31.5 Å². The Morgan fingerprint density at radius 3 is 1.77 bits per heavy atom. The molecule has 8 aromatic carbocycles. The molecule has 2 aromatic heterocycles. The lowest BCUT2D eigenvalue weighted by atomic mass is 9.88. The van der Waals surface area contributed by atoms with Gasteiger partial charge in [-0.25, -0.2) is 4.98 Å². The Morgan fingerprint density at radius 2 is 1.11 bits per heavy atom. The Bertz CT molecular complexity index is 4340. The van der Waals surface area contributed by atoms with Crippen molar-refractivity contribution >= 4 is 44.6 Å². The Hall–Kier alpha value is -7.83. The van der Waals surface area contributed by atoms with E-state index < -0.39 is 148 Å². The lowest BCUT2D eigenvalue weighted by Gasteiger charge is -2.28. The van der Waals surface area contributed by atoms with Crippen LogP contribution in [0.3, 0.4) is 0 Å². The zero-order chi connectivity index (χ0) is 60.8. The van der Waals surface area contributed by atoms with Crippen molar-refractivity contribution in [1.29, 1.82) is 0 Å². The molecule has 0 amide bonds. The molecular formula is C59H46F2N4. The fourth-order valence-corrected chi connectivity index (χ4v) is 8.43. The lowest BCUT2D eigenvalue weighted by Crippen LogP contribution is -2.25. The van der Waals surface area contributed by atoms with Gasteiger partial charge in [0.15, 0.2) is 0 Å². The van der Waals surface area contributed by atoms with Gasteiger partial charge in [-0.2, -0.15) is 8.78 Å². The molecule has 4 nitrogen and oxygen atoms in total. The van der Waals surface area contributed by atoms with Crippen molar-refractivity contribution in [3.8, 4) is 39.2 Å². The molecule has 0 fully saturated rings. The maximum atomic E-state index is 17.7. The number of rotatable bonds is 8. The fraction of sp³-hybridized carbons (Fsp3) is 0.102. The van der Waals surface area contributed by atoms with Gasteiger partial charge in [0.2, 0.25) is 0 Å². The van der Waals surface area contributed by atoms with E-state index in [0.717, 1.165) is 5.56 Å². The predicted molar refractivity (Wildman–Crippen MR) is 265 cm³/mol. The number of hydrogen-bond acceptors (Lipinski definition) is 3. The highest BCUT2D eigenvalue weighted by molar-refractivity contribution is 6.09. The summed E-state index contributed by atoms with van der Waals surface area (Å²) in [6, 6.07) is 8.87. The normalized spacial score (nSPS) is 17.0. The number of pyridine rings is 1. The van der Waals surface area contributed by atoms with Crippen LogP contribution < -0.4 is 9.80 Å². The third-order valence-electron chi connectivity index (χ3n) is 11.6. The highest BCUT2D eigenvalue weighted by Crippen LogP contribution is 2.52. The number of fused-ring (bicyclic) bond motifs is 4. The predicted octanol–water partition coefficient (Wildman–Crippen LogP) is 15.9. The monoisotopic (exact) mass is 867 g/mol. The van der Waals surface area contributed by atoms with E-state index in [2.05, 4.69) is 4.98 Å². The molecule has 0 N–H and O–H groups in total. The van der Waals surface area contributed by atoms with Crippen molar-refractivity contribution < 1.29 is 34.8 Å². The molecule has 65 heavy (non-hydrogen) atoms. The van der Waals surface area contributed by atoms with Gasteiger partial charge in [-0.05, 0) is 93.9 Å². The molecular weight excluding hydrogens is 803 g/mol. The highest BCUT2D eigenvalue weighted by Gasteiger charge is 2.37. The van der Waals surface area contributed by atoms with Crippen LogP contribution in [0.25, 0.3) is 61.0 Å². The summed E-state index contributed by atoms with van der Waals surface area (Å²) in [5.41, 5.74) is -1.78. The molecule has 6 heteroatoms. The van der Waals surface area contributed by atoms with E-state index in [-0.39, 0.29) is 68.4 Å². The number of alkyl halides is 2. The van der Waals surface area contributed by atoms with E-state index in [1.807, 2.05) is 20.8 Å². The van der Waals surface area contributed by atoms with Crippen LogP contribution in [0.1, 0.15) is 63.5 Å². The minimum absolute atomic E-state index is 0.0439. The van der Waals surface area contributed by atoms with Crippen molar-refractivity contribution in [2.75, 3.05) is 16.5 Å². The zero-order valence-corrected chi connectivity index (χ0v) is 35.0. The molecule has 0 atom stereocenters. The minimum Gasteiger partial charge on any atom is -0.321 e. The average molecular weight is 868 g/mol. The smallest absolute Gasteiger partial charge is 0.298 e. The number of aromatic nitrogens is 2. The molecule has 3 heterocycles. The molecule has 0 aliphatic carbocycles. The molecule has 10 aromatic rings. The van der Waals surface area contributed by atoms with Gasteiger partial charge in [0, 0.05) is 44.9 Å². The van der Waals surface area contributed by atoms with Crippen LogP contribution >= 0.6 is 0 Å². The summed E-state index contributed by atoms with van der Waals surface area (Å²) in [5.74, 6) is -3.55. The quantitative estimate of drug-likeness (QED) is 0.152. The highest BCUT2D eigenvalue weighted by atomic mass is 19.3. The largest absolute Gasteiger partial charge is 0.321 e. The van der Waals surface area contributed by atoms with Gasteiger partial charge < -0.3 is 9.80 Å². The first-order valence-electron chi connectivity index (χ1n) is 30.0. The van der Waals surface area contributed by atoms with Crippen LogP contribution in [0.2, 0.25) is 0 Å².